The maximum atomic E-state index is 14.5. The van der Waals surface area contributed by atoms with Crippen LogP contribution in [0.4, 0.5) is 35.3 Å². The minimum atomic E-state index is -3.15. The Kier molecular flexibility index (Phi) is 4.08. The van der Waals surface area contributed by atoms with Crippen LogP contribution in [0.1, 0.15) is 38.0 Å². The second-order valence-electron chi connectivity index (χ2n) is 5.24. The molecule has 142 valence electrons. The normalized spacial score (nSPS) is 14.7. The minimum Gasteiger partial charge on any atom is -0.477 e. The Balaban J connectivity index is 2.56. The number of hydrogen-bond acceptors (Lipinski definition) is 3. The Morgan fingerprint density at radius 3 is 1.56 bits per heavy atom. The lowest BCUT2D eigenvalue weighted by Crippen LogP contribution is -2.12. The summed E-state index contributed by atoms with van der Waals surface area (Å²) < 4.78 is 111. The summed E-state index contributed by atoms with van der Waals surface area (Å²) in [5, 5.41) is 8.77. The molecule has 0 heterocycles. The van der Waals surface area contributed by atoms with E-state index in [1.54, 1.807) is 0 Å². The largest absolute Gasteiger partial charge is 0.477 e. The minimum absolute atomic E-state index is 1.59. The number of rotatable bonds is 2. The average Bonchev–Trinajstić information content (AvgIpc) is 2.91. The monoisotopic (exact) mass is 398 g/mol. The molecular formula is C15H2F8O4. The molecule has 0 bridgehead atoms. The zero-order chi connectivity index (χ0) is 20.4. The highest BCUT2D eigenvalue weighted by molar-refractivity contribution is 5.96. The third-order valence-electron chi connectivity index (χ3n) is 3.96. The summed E-state index contributed by atoms with van der Waals surface area (Å²) in [6.07, 6.45) is -3.15. The highest BCUT2D eigenvalue weighted by atomic mass is 19.3. The molecular weight excluding hydrogens is 396 g/mol. The Labute approximate surface area is 142 Å². The summed E-state index contributed by atoms with van der Waals surface area (Å²) in [4.78, 5) is 24.6. The molecule has 0 fully saturated rings. The Hall–Kier alpha value is -3.18. The summed E-state index contributed by atoms with van der Waals surface area (Å²) in [6, 6.07) is 0. The van der Waals surface area contributed by atoms with E-state index < -0.39 is 86.4 Å². The Bertz CT molecular complexity index is 1050. The summed E-state index contributed by atoms with van der Waals surface area (Å²) in [6.45, 7) is 0. The molecule has 0 aromatic heterocycles. The first-order chi connectivity index (χ1) is 12.6. The van der Waals surface area contributed by atoms with Gasteiger partial charge in [-0.3, -0.25) is 0 Å². The number of benzene rings is 2. The van der Waals surface area contributed by atoms with Crippen molar-refractivity contribution in [3.05, 3.63) is 57.2 Å². The fourth-order valence-corrected chi connectivity index (χ4v) is 2.87. The maximum Gasteiger partial charge on any atom is 0.385 e. The molecule has 3 rings (SSSR count). The number of hydrogen-bond donors (Lipinski definition) is 1. The molecule has 0 spiro atoms. The van der Waals surface area contributed by atoms with Gasteiger partial charge in [0.2, 0.25) is 0 Å². The molecule has 2 aromatic rings. The van der Waals surface area contributed by atoms with Crippen molar-refractivity contribution in [3.8, 4) is 11.1 Å². The summed E-state index contributed by atoms with van der Waals surface area (Å²) in [5.41, 5.74) is -10.5. The first-order valence-electron chi connectivity index (χ1n) is 6.67. The van der Waals surface area contributed by atoms with Crippen molar-refractivity contribution in [2.45, 2.75) is 6.17 Å². The molecule has 0 amide bonds. The van der Waals surface area contributed by atoms with E-state index in [0.29, 0.717) is 0 Å². The SMILES string of the molecule is O=C(O)c1c(F)c(F)c2c(c1F)-c1c(F)c(C(=O)OF)c(F)c(F)c1C2F. The third kappa shape index (κ3) is 2.22. The Morgan fingerprint density at radius 1 is 0.741 bits per heavy atom. The van der Waals surface area contributed by atoms with Crippen LogP contribution in [0.15, 0.2) is 0 Å². The molecule has 1 atom stereocenters. The second kappa shape index (κ2) is 5.93. The van der Waals surface area contributed by atoms with E-state index in [2.05, 4.69) is 4.94 Å². The van der Waals surface area contributed by atoms with Crippen molar-refractivity contribution in [1.82, 2.24) is 0 Å². The molecule has 0 aliphatic heterocycles. The smallest absolute Gasteiger partial charge is 0.385 e. The lowest BCUT2D eigenvalue weighted by atomic mass is 9.98. The zero-order valence-corrected chi connectivity index (χ0v) is 12.3. The van der Waals surface area contributed by atoms with Crippen molar-refractivity contribution in [3.63, 3.8) is 0 Å². The summed E-state index contributed by atoms with van der Waals surface area (Å²) in [7, 11) is 0. The van der Waals surface area contributed by atoms with Gasteiger partial charge in [-0.15, -0.1) is 0 Å². The molecule has 0 radical (unpaired) electrons. The first-order valence-corrected chi connectivity index (χ1v) is 6.67. The predicted octanol–water partition coefficient (Wildman–Crippen LogP) is 4.30. The molecule has 1 aliphatic carbocycles. The number of carbonyl (C=O) groups excluding carboxylic acids is 1. The van der Waals surface area contributed by atoms with E-state index in [-0.39, 0.29) is 0 Å². The molecule has 1 N–H and O–H groups in total. The van der Waals surface area contributed by atoms with Gasteiger partial charge in [0.1, 0.15) is 22.8 Å². The fourth-order valence-electron chi connectivity index (χ4n) is 2.87. The van der Waals surface area contributed by atoms with Gasteiger partial charge < -0.3 is 5.11 Å². The molecule has 4 nitrogen and oxygen atoms in total. The number of carbonyl (C=O) groups is 2. The van der Waals surface area contributed by atoms with E-state index >= 15 is 0 Å². The third-order valence-corrected chi connectivity index (χ3v) is 3.96. The van der Waals surface area contributed by atoms with Gasteiger partial charge in [-0.25, -0.2) is 45.3 Å². The van der Waals surface area contributed by atoms with Gasteiger partial charge in [0.05, 0.1) is 0 Å². The van der Waals surface area contributed by atoms with Gasteiger partial charge in [0.15, 0.2) is 29.4 Å². The zero-order valence-electron chi connectivity index (χ0n) is 12.3. The first kappa shape index (κ1) is 18.6. The van der Waals surface area contributed by atoms with E-state index in [1.165, 1.54) is 0 Å². The number of alkyl halides is 1. The van der Waals surface area contributed by atoms with Crippen LogP contribution in [0.25, 0.3) is 11.1 Å². The molecule has 0 saturated carbocycles. The molecule has 0 saturated heterocycles. The lowest BCUT2D eigenvalue weighted by Gasteiger charge is -2.11. The summed E-state index contributed by atoms with van der Waals surface area (Å²) >= 11 is 0. The van der Waals surface area contributed by atoms with Gasteiger partial charge in [-0.05, 0) is 0 Å². The standard InChI is InChI=1S/C15H2F8O4/c16-7-1-2-4(11(20)13(22)6(8(2)17)15(26)27-23)9(18)3(1)10(19)12(21)5(7)14(24)25/h9H,(H,24,25). The van der Waals surface area contributed by atoms with Gasteiger partial charge in [-0.2, -0.15) is 0 Å². The molecule has 12 heteroatoms. The number of carboxylic acid groups (broad SMARTS) is 1. The highest BCUT2D eigenvalue weighted by Gasteiger charge is 2.45. The molecule has 2 aromatic carbocycles. The van der Waals surface area contributed by atoms with Crippen LogP contribution in [-0.2, 0) is 4.94 Å². The number of halogens is 8. The average molecular weight is 398 g/mol. The maximum absolute atomic E-state index is 14.5. The van der Waals surface area contributed by atoms with E-state index in [1.807, 2.05) is 0 Å². The Morgan fingerprint density at radius 2 is 1.15 bits per heavy atom. The highest BCUT2D eigenvalue weighted by Crippen LogP contribution is 2.52. The van der Waals surface area contributed by atoms with Crippen LogP contribution in [-0.4, -0.2) is 17.0 Å². The summed E-state index contributed by atoms with van der Waals surface area (Å²) in [5.74, 6) is -18.7. The van der Waals surface area contributed by atoms with E-state index in [9.17, 15) is 44.8 Å². The van der Waals surface area contributed by atoms with Crippen LogP contribution < -0.4 is 0 Å². The predicted molar refractivity (Wildman–Crippen MR) is 68.1 cm³/mol. The van der Waals surface area contributed by atoms with Crippen LogP contribution in [0.5, 0.6) is 0 Å². The van der Waals surface area contributed by atoms with Crippen molar-refractivity contribution < 1.29 is 54.9 Å². The van der Waals surface area contributed by atoms with Crippen molar-refractivity contribution in [2.24, 2.45) is 0 Å². The van der Waals surface area contributed by atoms with Gasteiger partial charge >= 0.3 is 11.9 Å². The lowest BCUT2D eigenvalue weighted by molar-refractivity contribution is -0.0796. The topological polar surface area (TPSA) is 63.6 Å². The number of carboxylic acids is 1. The van der Waals surface area contributed by atoms with Crippen LogP contribution in [0.2, 0.25) is 0 Å². The van der Waals surface area contributed by atoms with Gasteiger partial charge in [0, 0.05) is 26.8 Å². The molecule has 1 unspecified atom stereocenters. The van der Waals surface area contributed by atoms with Crippen molar-refractivity contribution >= 4 is 11.9 Å². The van der Waals surface area contributed by atoms with Gasteiger partial charge in [0.25, 0.3) is 0 Å². The van der Waals surface area contributed by atoms with Crippen LogP contribution in [0, 0.1) is 34.9 Å². The second-order valence-corrected chi connectivity index (χ2v) is 5.24. The van der Waals surface area contributed by atoms with Crippen LogP contribution in [0.3, 0.4) is 0 Å². The van der Waals surface area contributed by atoms with Crippen molar-refractivity contribution in [2.75, 3.05) is 0 Å². The number of fused-ring (bicyclic) bond motifs is 3. The van der Waals surface area contributed by atoms with Crippen molar-refractivity contribution in [1.29, 1.82) is 0 Å². The fraction of sp³-hybridized carbons (Fsp3) is 0.0667. The molecule has 1 aliphatic rings. The van der Waals surface area contributed by atoms with Crippen LogP contribution >= 0.6 is 0 Å². The van der Waals surface area contributed by atoms with E-state index in [4.69, 9.17) is 5.11 Å². The quantitative estimate of drug-likeness (QED) is 0.605. The van der Waals surface area contributed by atoms with E-state index in [0.717, 1.165) is 0 Å². The number of aromatic carboxylic acids is 1. The van der Waals surface area contributed by atoms with Gasteiger partial charge in [-0.1, -0.05) is 0 Å². The molecule has 27 heavy (non-hydrogen) atoms.